The summed E-state index contributed by atoms with van der Waals surface area (Å²) in [6.45, 7) is -0.440. The summed E-state index contributed by atoms with van der Waals surface area (Å²) >= 11 is 0. The number of aliphatic hydroxyl groups excluding tert-OH is 2. The van der Waals surface area contributed by atoms with Gasteiger partial charge in [0, 0.05) is 12.8 Å². The third-order valence-corrected chi connectivity index (χ3v) is 1.47. The third-order valence-electron chi connectivity index (χ3n) is 1.47. The molecule has 0 saturated carbocycles. The van der Waals surface area contributed by atoms with Crippen molar-refractivity contribution in [1.82, 2.24) is 0 Å². The topological polar surface area (TPSA) is 69.9 Å². The molecule has 0 aromatic carbocycles. The Bertz CT molecular complexity index is 154. The predicted molar refractivity (Wildman–Crippen MR) is 33.1 cm³/mol. The van der Waals surface area contributed by atoms with Gasteiger partial charge in [-0.1, -0.05) is 0 Å². The van der Waals surface area contributed by atoms with E-state index in [1.165, 1.54) is 0 Å². The molecule has 1 aliphatic heterocycles. The molecule has 1 rings (SSSR count). The van der Waals surface area contributed by atoms with Gasteiger partial charge in [0.1, 0.15) is 18.6 Å². The van der Waals surface area contributed by atoms with Gasteiger partial charge in [-0.25, -0.2) is 0 Å². The Morgan fingerprint density at radius 1 is 1.70 bits per heavy atom. The number of aliphatic hydroxyl groups is 3. The molecule has 3 N–H and O–H groups in total. The van der Waals surface area contributed by atoms with Crippen LogP contribution in [0.1, 0.15) is 12.8 Å². The molecular weight excluding hydrogens is 136 g/mol. The molecule has 4 nitrogen and oxygen atoms in total. The first-order chi connectivity index (χ1) is 4.70. The van der Waals surface area contributed by atoms with Crippen LogP contribution in [0.25, 0.3) is 0 Å². The van der Waals surface area contributed by atoms with Gasteiger partial charge in [-0.15, -0.1) is 0 Å². The van der Waals surface area contributed by atoms with Crippen LogP contribution < -0.4 is 0 Å². The van der Waals surface area contributed by atoms with Gasteiger partial charge in [-0.2, -0.15) is 0 Å². The molecule has 0 radical (unpaired) electrons. The fourth-order valence-electron chi connectivity index (χ4n) is 0.867. The van der Waals surface area contributed by atoms with Crippen molar-refractivity contribution in [1.29, 1.82) is 0 Å². The van der Waals surface area contributed by atoms with Gasteiger partial charge in [-0.05, 0) is 0 Å². The molecule has 0 bridgehead atoms. The fourth-order valence-corrected chi connectivity index (χ4v) is 0.867. The van der Waals surface area contributed by atoms with Crippen LogP contribution in [0.5, 0.6) is 0 Å². The largest absolute Gasteiger partial charge is 0.512 e. The molecule has 0 amide bonds. The molecule has 0 unspecified atom stereocenters. The van der Waals surface area contributed by atoms with Crippen molar-refractivity contribution in [2.24, 2.45) is 0 Å². The number of hydrogen-bond acceptors (Lipinski definition) is 4. The molecule has 1 heterocycles. The van der Waals surface area contributed by atoms with Crippen LogP contribution in [0, 0.1) is 0 Å². The van der Waals surface area contributed by atoms with Crippen molar-refractivity contribution in [2.45, 2.75) is 18.6 Å². The molecule has 0 spiro atoms. The van der Waals surface area contributed by atoms with E-state index in [0.29, 0.717) is 18.6 Å². The molecule has 0 aromatic heterocycles. The fraction of sp³-hybridized carbons (Fsp3) is 0.667. The molecule has 10 heavy (non-hydrogen) atoms. The summed E-state index contributed by atoms with van der Waals surface area (Å²) in [7, 11) is 0. The summed E-state index contributed by atoms with van der Waals surface area (Å²) in [6, 6.07) is 0. The van der Waals surface area contributed by atoms with Crippen LogP contribution in [-0.2, 0) is 4.74 Å². The van der Waals surface area contributed by atoms with E-state index in [1.54, 1.807) is 0 Å². The van der Waals surface area contributed by atoms with E-state index in [0.717, 1.165) is 6.26 Å². The molecule has 1 atom stereocenters. The summed E-state index contributed by atoms with van der Waals surface area (Å²) in [6.07, 6.45) is 1.59. The third kappa shape index (κ3) is 1.22. The van der Waals surface area contributed by atoms with Crippen LogP contribution >= 0.6 is 0 Å². The molecule has 0 aromatic rings. The average molecular weight is 146 g/mol. The van der Waals surface area contributed by atoms with Gasteiger partial charge in [0.2, 0.25) is 5.79 Å². The SMILES string of the molecule is O/C=C1/CC[C@](O)(CO)O1. The van der Waals surface area contributed by atoms with E-state index >= 15 is 0 Å². The van der Waals surface area contributed by atoms with Gasteiger partial charge in [0.05, 0.1) is 0 Å². The number of allylic oxidation sites excluding steroid dienone is 1. The lowest BCUT2D eigenvalue weighted by Gasteiger charge is -2.17. The zero-order valence-corrected chi connectivity index (χ0v) is 5.45. The predicted octanol–water partition coefficient (Wildman–Crippen LogP) is -0.123. The van der Waals surface area contributed by atoms with E-state index in [2.05, 4.69) is 0 Å². The smallest absolute Gasteiger partial charge is 0.231 e. The van der Waals surface area contributed by atoms with Crippen LogP contribution in [0.4, 0.5) is 0 Å². The van der Waals surface area contributed by atoms with Crippen LogP contribution in [0.3, 0.4) is 0 Å². The summed E-state index contributed by atoms with van der Waals surface area (Å²) in [5, 5.41) is 26.1. The average Bonchev–Trinajstić information content (AvgIpc) is 2.33. The second-order valence-electron chi connectivity index (χ2n) is 2.30. The lowest BCUT2D eigenvalue weighted by atomic mass is 10.2. The van der Waals surface area contributed by atoms with Crippen molar-refractivity contribution in [3.63, 3.8) is 0 Å². The van der Waals surface area contributed by atoms with E-state index in [9.17, 15) is 5.11 Å². The lowest BCUT2D eigenvalue weighted by Crippen LogP contribution is -2.31. The minimum Gasteiger partial charge on any atom is -0.512 e. The van der Waals surface area contributed by atoms with Gasteiger partial charge < -0.3 is 20.1 Å². The zero-order chi connectivity index (χ0) is 7.61. The van der Waals surface area contributed by atoms with Gasteiger partial charge in [0.15, 0.2) is 0 Å². The highest BCUT2D eigenvalue weighted by atomic mass is 16.6. The maximum absolute atomic E-state index is 9.18. The van der Waals surface area contributed by atoms with Gasteiger partial charge in [0.25, 0.3) is 0 Å². The van der Waals surface area contributed by atoms with Crippen molar-refractivity contribution < 1.29 is 20.1 Å². The van der Waals surface area contributed by atoms with E-state index in [1.807, 2.05) is 0 Å². The summed E-state index contributed by atoms with van der Waals surface area (Å²) in [5.74, 6) is -1.15. The molecule has 1 fully saturated rings. The Labute approximate surface area is 58.4 Å². The van der Waals surface area contributed by atoms with Crippen LogP contribution in [0.15, 0.2) is 12.0 Å². The van der Waals surface area contributed by atoms with Gasteiger partial charge >= 0.3 is 0 Å². The number of hydrogen-bond donors (Lipinski definition) is 3. The van der Waals surface area contributed by atoms with Crippen molar-refractivity contribution in [2.75, 3.05) is 6.61 Å². The quantitative estimate of drug-likeness (QED) is 0.451. The first-order valence-electron chi connectivity index (χ1n) is 3.06. The number of ether oxygens (including phenoxy) is 1. The minimum atomic E-state index is -1.46. The Morgan fingerprint density at radius 2 is 2.40 bits per heavy atom. The highest BCUT2D eigenvalue weighted by molar-refractivity contribution is 4.96. The highest BCUT2D eigenvalue weighted by Crippen LogP contribution is 2.29. The Balaban J connectivity index is 2.57. The van der Waals surface area contributed by atoms with Crippen molar-refractivity contribution in [3.05, 3.63) is 12.0 Å². The monoisotopic (exact) mass is 146 g/mol. The first kappa shape index (κ1) is 7.37. The Morgan fingerprint density at radius 3 is 2.70 bits per heavy atom. The van der Waals surface area contributed by atoms with Crippen molar-refractivity contribution in [3.8, 4) is 0 Å². The summed E-state index contributed by atoms with van der Waals surface area (Å²) in [5.41, 5.74) is 0. The maximum Gasteiger partial charge on any atom is 0.231 e. The number of rotatable bonds is 1. The second-order valence-corrected chi connectivity index (χ2v) is 2.30. The van der Waals surface area contributed by atoms with Gasteiger partial charge in [-0.3, -0.25) is 0 Å². The van der Waals surface area contributed by atoms with Crippen molar-refractivity contribution >= 4 is 0 Å². The second kappa shape index (κ2) is 2.48. The first-order valence-corrected chi connectivity index (χ1v) is 3.06. The molecular formula is C6H10O4. The molecule has 1 aliphatic rings. The normalized spacial score (nSPS) is 36.4. The highest BCUT2D eigenvalue weighted by Gasteiger charge is 2.35. The summed E-state index contributed by atoms with van der Waals surface area (Å²) < 4.78 is 4.76. The molecule has 58 valence electrons. The minimum absolute atomic E-state index is 0.316. The lowest BCUT2D eigenvalue weighted by molar-refractivity contribution is -0.178. The molecule has 0 aliphatic carbocycles. The molecule has 4 heteroatoms. The maximum atomic E-state index is 9.18. The Kier molecular flexibility index (Phi) is 1.82. The zero-order valence-electron chi connectivity index (χ0n) is 5.45. The van der Waals surface area contributed by atoms with E-state index in [4.69, 9.17) is 14.9 Å². The summed E-state index contributed by atoms with van der Waals surface area (Å²) in [4.78, 5) is 0. The standard InChI is InChI=1S/C6H10O4/c7-3-5-1-2-6(9,4-8)10-5/h3,7-9H,1-2,4H2/b5-3-/t6-/m1/s1. The van der Waals surface area contributed by atoms with Crippen LogP contribution in [-0.4, -0.2) is 27.7 Å². The Hall–Kier alpha value is -0.740. The van der Waals surface area contributed by atoms with E-state index in [-0.39, 0.29) is 0 Å². The van der Waals surface area contributed by atoms with E-state index < -0.39 is 12.4 Å². The molecule has 1 saturated heterocycles. The van der Waals surface area contributed by atoms with Crippen LogP contribution in [0.2, 0.25) is 0 Å².